The molecule has 0 bridgehead atoms. The first-order chi connectivity index (χ1) is 10.9. The second kappa shape index (κ2) is 5.47. The number of rotatable bonds is 3. The van der Waals surface area contributed by atoms with E-state index in [1.54, 1.807) is 18.2 Å². The average Bonchev–Trinajstić information content (AvgIpc) is 2.95. The summed E-state index contributed by atoms with van der Waals surface area (Å²) < 4.78 is 3.51. The predicted octanol–water partition coefficient (Wildman–Crippen LogP) is 1.01. The largest absolute Gasteiger partial charge is 0.342 e. The maximum Gasteiger partial charge on any atom is 0.342 e. The zero-order chi connectivity index (χ0) is 16.7. The smallest absolute Gasteiger partial charge is 0.320 e. The number of fused-ring (bicyclic) bond motifs is 1. The molecule has 0 unspecified atom stereocenters. The van der Waals surface area contributed by atoms with Crippen LogP contribution >= 0.6 is 16.1 Å². The van der Waals surface area contributed by atoms with Crippen LogP contribution in [0.4, 0.5) is 5.69 Å². The lowest BCUT2D eigenvalue weighted by atomic mass is 10.2. The van der Waals surface area contributed by atoms with Crippen molar-refractivity contribution in [3.05, 3.63) is 67.1 Å². The molecule has 3 aromatic rings. The van der Waals surface area contributed by atoms with E-state index in [0.717, 1.165) is 3.59 Å². The molecule has 10 heteroatoms. The Morgan fingerprint density at radius 3 is 2.70 bits per heavy atom. The van der Waals surface area contributed by atoms with Gasteiger partial charge in [0.25, 0.3) is 11.2 Å². The SMILES string of the molecule is Cn1c(=O)n(Br)c(=O)c2c1ncn2Cc1ccccc1[N+](=O)[O-]. The molecule has 0 saturated heterocycles. The monoisotopic (exact) mass is 379 g/mol. The van der Waals surface area contributed by atoms with Gasteiger partial charge in [0.15, 0.2) is 11.2 Å². The van der Waals surface area contributed by atoms with Crippen LogP contribution < -0.4 is 11.2 Å². The molecular weight excluding hydrogens is 370 g/mol. The first-order valence-electron chi connectivity index (χ1n) is 6.47. The van der Waals surface area contributed by atoms with Crippen molar-refractivity contribution < 1.29 is 4.92 Å². The molecule has 0 aliphatic heterocycles. The summed E-state index contributed by atoms with van der Waals surface area (Å²) >= 11 is 2.91. The molecule has 3 rings (SSSR count). The number of nitro groups is 1. The van der Waals surface area contributed by atoms with Crippen LogP contribution in [-0.2, 0) is 13.6 Å². The minimum absolute atomic E-state index is 0.0432. The third kappa shape index (κ3) is 2.36. The highest BCUT2D eigenvalue weighted by Gasteiger charge is 2.18. The van der Waals surface area contributed by atoms with E-state index in [-0.39, 0.29) is 23.4 Å². The van der Waals surface area contributed by atoms with Gasteiger partial charge in [0.05, 0.1) is 33.9 Å². The molecule has 0 saturated carbocycles. The molecule has 0 atom stereocenters. The van der Waals surface area contributed by atoms with Gasteiger partial charge in [0.2, 0.25) is 0 Å². The summed E-state index contributed by atoms with van der Waals surface area (Å²) in [4.78, 5) is 38.8. The third-order valence-electron chi connectivity index (χ3n) is 3.50. The fourth-order valence-corrected chi connectivity index (χ4v) is 2.77. The molecule has 0 aliphatic carbocycles. The Morgan fingerprint density at radius 2 is 2.00 bits per heavy atom. The standard InChI is InChI=1S/C13H10BrN5O4/c1-16-11-10(12(20)18(14)13(16)21)17(7-15-11)6-8-4-2-3-5-9(8)19(22)23/h2-5,7H,6H2,1H3. The number of hydrogen-bond donors (Lipinski definition) is 0. The van der Waals surface area contributed by atoms with Gasteiger partial charge < -0.3 is 4.57 Å². The average molecular weight is 380 g/mol. The van der Waals surface area contributed by atoms with Gasteiger partial charge in [-0.1, -0.05) is 18.2 Å². The molecule has 0 N–H and O–H groups in total. The van der Waals surface area contributed by atoms with E-state index in [0.29, 0.717) is 5.56 Å². The van der Waals surface area contributed by atoms with Crippen LogP contribution in [0.2, 0.25) is 0 Å². The maximum absolute atomic E-state index is 12.3. The molecule has 118 valence electrons. The summed E-state index contributed by atoms with van der Waals surface area (Å²) in [5, 5.41) is 11.1. The molecular formula is C13H10BrN5O4. The van der Waals surface area contributed by atoms with Crippen molar-refractivity contribution in [3.8, 4) is 0 Å². The summed E-state index contributed by atoms with van der Waals surface area (Å²) in [6, 6.07) is 6.26. The zero-order valence-electron chi connectivity index (χ0n) is 11.8. The van der Waals surface area contributed by atoms with Crippen LogP contribution in [0, 0.1) is 10.1 Å². The number of benzene rings is 1. The summed E-state index contributed by atoms with van der Waals surface area (Å²) in [7, 11) is 1.49. The molecule has 2 aromatic heterocycles. The van der Waals surface area contributed by atoms with Crippen LogP contribution in [0.25, 0.3) is 11.2 Å². The second-order valence-corrected chi connectivity index (χ2v) is 5.57. The molecule has 0 aliphatic rings. The van der Waals surface area contributed by atoms with Gasteiger partial charge in [-0.05, 0) is 0 Å². The van der Waals surface area contributed by atoms with E-state index in [1.165, 1.54) is 28.6 Å². The number of hydrogen-bond acceptors (Lipinski definition) is 5. The molecule has 0 amide bonds. The highest BCUT2D eigenvalue weighted by atomic mass is 79.9. The number of aromatic nitrogens is 4. The Kier molecular flexibility index (Phi) is 3.60. The molecule has 9 nitrogen and oxygen atoms in total. The van der Waals surface area contributed by atoms with E-state index in [1.807, 2.05) is 0 Å². The van der Waals surface area contributed by atoms with Crippen molar-refractivity contribution in [2.24, 2.45) is 7.05 Å². The van der Waals surface area contributed by atoms with Gasteiger partial charge in [0, 0.05) is 18.7 Å². The number of para-hydroxylation sites is 1. The van der Waals surface area contributed by atoms with Gasteiger partial charge in [0.1, 0.15) is 0 Å². The van der Waals surface area contributed by atoms with Crippen molar-refractivity contribution in [3.63, 3.8) is 0 Å². The fraction of sp³-hybridized carbons (Fsp3) is 0.154. The Hall–Kier alpha value is -2.75. The van der Waals surface area contributed by atoms with Gasteiger partial charge in [-0.2, -0.15) is 3.59 Å². The van der Waals surface area contributed by atoms with Crippen LogP contribution in [0.1, 0.15) is 5.56 Å². The van der Waals surface area contributed by atoms with Gasteiger partial charge in [-0.15, -0.1) is 0 Å². The van der Waals surface area contributed by atoms with Crippen molar-refractivity contribution in [2.75, 3.05) is 0 Å². The molecule has 0 fully saturated rings. The molecule has 1 aromatic carbocycles. The van der Waals surface area contributed by atoms with Gasteiger partial charge in [-0.25, -0.2) is 9.78 Å². The second-order valence-electron chi connectivity index (χ2n) is 4.86. The van der Waals surface area contributed by atoms with Gasteiger partial charge >= 0.3 is 5.69 Å². The quantitative estimate of drug-likeness (QED) is 0.498. The Bertz CT molecular complexity index is 1050. The minimum Gasteiger partial charge on any atom is -0.320 e. The van der Waals surface area contributed by atoms with E-state index < -0.39 is 16.2 Å². The van der Waals surface area contributed by atoms with E-state index in [2.05, 4.69) is 21.1 Å². The lowest BCUT2D eigenvalue weighted by Crippen LogP contribution is -2.34. The maximum atomic E-state index is 12.3. The topological polar surface area (TPSA) is 105 Å². The third-order valence-corrected chi connectivity index (χ3v) is 4.13. The first-order valence-corrected chi connectivity index (χ1v) is 7.18. The number of aryl methyl sites for hydroxylation is 1. The first kappa shape index (κ1) is 15.2. The zero-order valence-corrected chi connectivity index (χ0v) is 13.4. The van der Waals surface area contributed by atoms with Crippen molar-refractivity contribution >= 4 is 33.0 Å². The molecule has 2 heterocycles. The number of halogens is 1. The normalized spacial score (nSPS) is 11.0. The predicted molar refractivity (Wildman–Crippen MR) is 85.8 cm³/mol. The summed E-state index contributed by atoms with van der Waals surface area (Å²) in [6.07, 6.45) is 1.38. The molecule has 23 heavy (non-hydrogen) atoms. The van der Waals surface area contributed by atoms with Crippen LogP contribution in [-0.4, -0.2) is 22.6 Å². The van der Waals surface area contributed by atoms with Crippen LogP contribution in [0.3, 0.4) is 0 Å². The lowest BCUT2D eigenvalue weighted by Gasteiger charge is -2.06. The Balaban J connectivity index is 2.22. The highest BCUT2D eigenvalue weighted by molar-refractivity contribution is 9.08. The highest BCUT2D eigenvalue weighted by Crippen LogP contribution is 2.20. The van der Waals surface area contributed by atoms with Crippen molar-refractivity contribution in [1.29, 1.82) is 0 Å². The Morgan fingerprint density at radius 1 is 1.30 bits per heavy atom. The van der Waals surface area contributed by atoms with Crippen molar-refractivity contribution in [1.82, 2.24) is 17.7 Å². The lowest BCUT2D eigenvalue weighted by molar-refractivity contribution is -0.385. The van der Waals surface area contributed by atoms with Crippen LogP contribution in [0.15, 0.2) is 40.2 Å². The van der Waals surface area contributed by atoms with E-state index in [4.69, 9.17) is 0 Å². The number of nitro benzene ring substituents is 1. The summed E-state index contributed by atoms with van der Waals surface area (Å²) in [5.74, 6) is 0. The Labute approximate surface area is 136 Å². The summed E-state index contributed by atoms with van der Waals surface area (Å²) in [5.41, 5.74) is -0.335. The minimum atomic E-state index is -0.570. The summed E-state index contributed by atoms with van der Waals surface area (Å²) in [6.45, 7) is 0.0914. The van der Waals surface area contributed by atoms with Crippen LogP contribution in [0.5, 0.6) is 0 Å². The van der Waals surface area contributed by atoms with E-state index in [9.17, 15) is 19.7 Å². The number of nitrogens with zero attached hydrogens (tertiary/aromatic N) is 5. The molecule has 0 spiro atoms. The van der Waals surface area contributed by atoms with E-state index >= 15 is 0 Å². The van der Waals surface area contributed by atoms with Gasteiger partial charge in [-0.3, -0.25) is 19.5 Å². The van der Waals surface area contributed by atoms with Crippen molar-refractivity contribution in [2.45, 2.75) is 6.54 Å². The number of imidazole rings is 1. The fourth-order valence-electron chi connectivity index (χ4n) is 2.36. The molecule has 0 radical (unpaired) electrons.